The highest BCUT2D eigenvalue weighted by Gasteiger charge is 2.00. The normalized spacial score (nSPS) is 10.6. The Bertz CT molecular complexity index is 435. The molecule has 13 heavy (non-hydrogen) atoms. The van der Waals surface area contributed by atoms with Crippen molar-refractivity contribution in [2.24, 2.45) is 5.73 Å². The number of rotatable bonds is 1. The van der Waals surface area contributed by atoms with E-state index in [9.17, 15) is 0 Å². The lowest BCUT2D eigenvalue weighted by molar-refractivity contribution is 1.07. The number of benzene rings is 1. The predicted octanol–water partition coefficient (Wildman–Crippen LogP) is 2.00. The minimum atomic E-state index is 0.551. The molecule has 1 aromatic heterocycles. The second kappa shape index (κ2) is 3.15. The van der Waals surface area contributed by atoms with Gasteiger partial charge in [0.1, 0.15) is 0 Å². The van der Waals surface area contributed by atoms with Crippen molar-refractivity contribution in [3.63, 3.8) is 0 Å². The molecule has 0 saturated carbocycles. The van der Waals surface area contributed by atoms with Crippen LogP contribution in [0.5, 0.6) is 0 Å². The summed E-state index contributed by atoms with van der Waals surface area (Å²) in [6.07, 6.45) is 1.80. The van der Waals surface area contributed by atoms with E-state index in [4.69, 9.17) is 5.73 Å². The summed E-state index contributed by atoms with van der Waals surface area (Å²) in [4.78, 5) is 4.31. The Balaban J connectivity index is 2.81. The monoisotopic (exact) mass is 172 g/mol. The molecule has 0 unspecified atom stereocenters. The second-order valence-corrected chi connectivity index (χ2v) is 3.20. The number of nitrogens with zero attached hydrogens (tertiary/aromatic N) is 1. The van der Waals surface area contributed by atoms with E-state index in [1.807, 2.05) is 6.07 Å². The maximum absolute atomic E-state index is 5.64. The third-order valence-electron chi connectivity index (χ3n) is 2.15. The molecular weight excluding hydrogens is 160 g/mol. The van der Waals surface area contributed by atoms with Gasteiger partial charge in [-0.2, -0.15) is 0 Å². The van der Waals surface area contributed by atoms with Crippen LogP contribution in [0.25, 0.3) is 10.9 Å². The fraction of sp³-hybridized carbons (Fsp3) is 0.182. The predicted molar refractivity (Wildman–Crippen MR) is 54.4 cm³/mol. The lowest BCUT2D eigenvalue weighted by Crippen LogP contribution is -1.98. The van der Waals surface area contributed by atoms with Crippen LogP contribution in [0, 0.1) is 6.92 Å². The lowest BCUT2D eigenvalue weighted by Gasteiger charge is -2.04. The molecule has 0 bridgehead atoms. The van der Waals surface area contributed by atoms with Crippen LogP contribution >= 0.6 is 0 Å². The summed E-state index contributed by atoms with van der Waals surface area (Å²) in [6, 6.07) is 8.23. The molecule has 0 atom stereocenters. The van der Waals surface area contributed by atoms with Gasteiger partial charge in [0.2, 0.25) is 0 Å². The molecule has 66 valence electrons. The zero-order chi connectivity index (χ0) is 9.26. The maximum atomic E-state index is 5.64. The molecule has 2 aromatic rings. The Labute approximate surface area is 77.4 Å². The average molecular weight is 172 g/mol. The minimum Gasteiger partial charge on any atom is -0.326 e. The standard InChI is InChI=1S/C11H12N2/c1-8-5-9-3-2-4-13-11(9)10(6-8)7-12/h2-6H,7,12H2,1H3. The highest BCUT2D eigenvalue weighted by molar-refractivity contribution is 5.82. The maximum Gasteiger partial charge on any atom is 0.0746 e. The number of aryl methyl sites for hydroxylation is 1. The van der Waals surface area contributed by atoms with E-state index >= 15 is 0 Å². The van der Waals surface area contributed by atoms with Gasteiger partial charge in [0, 0.05) is 18.1 Å². The highest BCUT2D eigenvalue weighted by atomic mass is 14.7. The molecule has 2 heteroatoms. The first-order chi connectivity index (χ1) is 6.31. The van der Waals surface area contributed by atoms with Crippen LogP contribution in [-0.4, -0.2) is 4.98 Å². The Morgan fingerprint density at radius 1 is 1.38 bits per heavy atom. The summed E-state index contributed by atoms with van der Waals surface area (Å²) < 4.78 is 0. The van der Waals surface area contributed by atoms with Gasteiger partial charge >= 0.3 is 0 Å². The zero-order valence-corrected chi connectivity index (χ0v) is 7.62. The molecule has 0 aliphatic rings. The van der Waals surface area contributed by atoms with Crippen molar-refractivity contribution in [2.45, 2.75) is 13.5 Å². The number of hydrogen-bond donors (Lipinski definition) is 1. The molecule has 1 aromatic carbocycles. The molecule has 0 aliphatic carbocycles. The average Bonchev–Trinajstić information content (AvgIpc) is 2.16. The summed E-state index contributed by atoms with van der Waals surface area (Å²) in [5.74, 6) is 0. The van der Waals surface area contributed by atoms with Crippen molar-refractivity contribution >= 4 is 10.9 Å². The first-order valence-electron chi connectivity index (χ1n) is 4.35. The van der Waals surface area contributed by atoms with E-state index in [1.54, 1.807) is 6.20 Å². The molecule has 0 saturated heterocycles. The first-order valence-corrected chi connectivity index (χ1v) is 4.35. The molecule has 0 spiro atoms. The summed E-state index contributed by atoms with van der Waals surface area (Å²) in [7, 11) is 0. The fourth-order valence-electron chi connectivity index (χ4n) is 1.59. The van der Waals surface area contributed by atoms with Crippen LogP contribution in [0.1, 0.15) is 11.1 Å². The van der Waals surface area contributed by atoms with Crippen LogP contribution in [0.2, 0.25) is 0 Å². The topological polar surface area (TPSA) is 38.9 Å². The van der Waals surface area contributed by atoms with Crippen LogP contribution in [0.4, 0.5) is 0 Å². The van der Waals surface area contributed by atoms with Gasteiger partial charge in [-0.1, -0.05) is 17.7 Å². The van der Waals surface area contributed by atoms with E-state index < -0.39 is 0 Å². The van der Waals surface area contributed by atoms with Gasteiger partial charge in [-0.05, 0) is 24.6 Å². The molecule has 0 aliphatic heterocycles. The molecule has 0 radical (unpaired) electrons. The number of pyridine rings is 1. The fourth-order valence-corrected chi connectivity index (χ4v) is 1.59. The molecular formula is C11H12N2. The van der Waals surface area contributed by atoms with E-state index in [1.165, 1.54) is 10.9 Å². The van der Waals surface area contributed by atoms with Crippen molar-refractivity contribution in [2.75, 3.05) is 0 Å². The molecule has 0 fully saturated rings. The van der Waals surface area contributed by atoms with E-state index in [2.05, 4.69) is 30.1 Å². The van der Waals surface area contributed by atoms with Crippen molar-refractivity contribution in [3.8, 4) is 0 Å². The smallest absolute Gasteiger partial charge is 0.0746 e. The van der Waals surface area contributed by atoms with Gasteiger partial charge in [0.25, 0.3) is 0 Å². The van der Waals surface area contributed by atoms with Gasteiger partial charge < -0.3 is 5.73 Å². The van der Waals surface area contributed by atoms with Crippen LogP contribution in [0.15, 0.2) is 30.5 Å². The molecule has 0 amide bonds. The van der Waals surface area contributed by atoms with Crippen LogP contribution in [-0.2, 0) is 6.54 Å². The van der Waals surface area contributed by atoms with Crippen molar-refractivity contribution in [1.29, 1.82) is 0 Å². The summed E-state index contributed by atoms with van der Waals surface area (Å²) in [5.41, 5.74) is 9.03. The van der Waals surface area contributed by atoms with Crippen molar-refractivity contribution < 1.29 is 0 Å². The van der Waals surface area contributed by atoms with Gasteiger partial charge in [0.15, 0.2) is 0 Å². The third-order valence-corrected chi connectivity index (χ3v) is 2.15. The van der Waals surface area contributed by atoms with Gasteiger partial charge in [-0.25, -0.2) is 0 Å². The number of hydrogen-bond acceptors (Lipinski definition) is 2. The minimum absolute atomic E-state index is 0.551. The summed E-state index contributed by atoms with van der Waals surface area (Å²) in [5, 5.41) is 1.17. The van der Waals surface area contributed by atoms with Crippen LogP contribution in [0.3, 0.4) is 0 Å². The van der Waals surface area contributed by atoms with Crippen LogP contribution < -0.4 is 5.73 Å². The second-order valence-electron chi connectivity index (χ2n) is 3.20. The van der Waals surface area contributed by atoms with E-state index in [0.717, 1.165) is 11.1 Å². The summed E-state index contributed by atoms with van der Waals surface area (Å²) in [6.45, 7) is 2.63. The number of aromatic nitrogens is 1. The quantitative estimate of drug-likeness (QED) is 0.714. The third kappa shape index (κ3) is 1.40. The molecule has 1 heterocycles. The largest absolute Gasteiger partial charge is 0.326 e. The number of nitrogens with two attached hydrogens (primary N) is 1. The van der Waals surface area contributed by atoms with Gasteiger partial charge in [-0.15, -0.1) is 0 Å². The lowest BCUT2D eigenvalue weighted by atomic mass is 10.1. The van der Waals surface area contributed by atoms with Crippen molar-refractivity contribution in [1.82, 2.24) is 4.98 Å². The van der Waals surface area contributed by atoms with E-state index in [-0.39, 0.29) is 0 Å². The summed E-state index contributed by atoms with van der Waals surface area (Å²) >= 11 is 0. The van der Waals surface area contributed by atoms with Crippen molar-refractivity contribution in [3.05, 3.63) is 41.6 Å². The van der Waals surface area contributed by atoms with Gasteiger partial charge in [0.05, 0.1) is 5.52 Å². The Kier molecular flexibility index (Phi) is 1.99. The molecule has 2 rings (SSSR count). The Morgan fingerprint density at radius 2 is 2.23 bits per heavy atom. The molecule has 2 nitrogen and oxygen atoms in total. The SMILES string of the molecule is Cc1cc(CN)c2ncccc2c1. The Hall–Kier alpha value is -1.41. The number of fused-ring (bicyclic) bond motifs is 1. The highest BCUT2D eigenvalue weighted by Crippen LogP contribution is 2.17. The van der Waals surface area contributed by atoms with E-state index in [0.29, 0.717) is 6.54 Å². The zero-order valence-electron chi connectivity index (χ0n) is 7.62. The van der Waals surface area contributed by atoms with Gasteiger partial charge in [-0.3, -0.25) is 4.98 Å². The Morgan fingerprint density at radius 3 is 3.00 bits per heavy atom. The first kappa shape index (κ1) is 8.20. The molecule has 2 N–H and O–H groups in total.